The van der Waals surface area contributed by atoms with Crippen LogP contribution >= 0.6 is 31.9 Å². The molecule has 2 aromatic heterocycles. The highest BCUT2D eigenvalue weighted by atomic mass is 79.9. The highest BCUT2D eigenvalue weighted by Crippen LogP contribution is 2.27. The van der Waals surface area contributed by atoms with Crippen molar-refractivity contribution in [2.45, 2.75) is 6.92 Å². The SMILES string of the molecule is Cc1c(C(=O)Nc2ccc(Br)cc2Br)cnn1-c1ccccn1. The quantitative estimate of drug-likeness (QED) is 0.665. The standard InChI is InChI=1S/C16H12Br2N4O/c1-10-12(9-20-22(10)15-4-2-3-7-19-15)16(23)21-14-6-5-11(17)8-13(14)18/h2-9H,1H3,(H,21,23). The molecule has 7 heteroatoms. The number of pyridine rings is 1. The maximum absolute atomic E-state index is 12.5. The molecule has 0 saturated carbocycles. The van der Waals surface area contributed by atoms with Crippen LogP contribution < -0.4 is 5.32 Å². The number of rotatable bonds is 3. The molecular weight excluding hydrogens is 424 g/mol. The zero-order valence-electron chi connectivity index (χ0n) is 12.1. The number of hydrogen-bond acceptors (Lipinski definition) is 3. The number of carbonyl (C=O) groups is 1. The van der Waals surface area contributed by atoms with E-state index in [9.17, 15) is 4.79 Å². The second-order valence-electron chi connectivity index (χ2n) is 4.82. The van der Waals surface area contributed by atoms with Gasteiger partial charge in [0.2, 0.25) is 0 Å². The molecule has 3 rings (SSSR count). The van der Waals surface area contributed by atoms with Crippen LogP contribution in [0.5, 0.6) is 0 Å². The first kappa shape index (κ1) is 15.9. The normalized spacial score (nSPS) is 10.6. The number of nitrogens with one attached hydrogen (secondary N) is 1. The van der Waals surface area contributed by atoms with Gasteiger partial charge in [0.05, 0.1) is 23.1 Å². The van der Waals surface area contributed by atoms with Gasteiger partial charge in [-0.05, 0) is 53.2 Å². The molecular formula is C16H12Br2N4O. The van der Waals surface area contributed by atoms with Gasteiger partial charge in [-0.1, -0.05) is 22.0 Å². The van der Waals surface area contributed by atoms with E-state index in [1.165, 1.54) is 0 Å². The summed E-state index contributed by atoms with van der Waals surface area (Å²) >= 11 is 6.82. The summed E-state index contributed by atoms with van der Waals surface area (Å²) < 4.78 is 3.38. The Balaban J connectivity index is 1.88. The van der Waals surface area contributed by atoms with E-state index in [1.807, 2.05) is 43.3 Å². The predicted octanol–water partition coefficient (Wildman–Crippen LogP) is 4.35. The van der Waals surface area contributed by atoms with E-state index in [1.54, 1.807) is 17.1 Å². The van der Waals surface area contributed by atoms with Gasteiger partial charge < -0.3 is 5.32 Å². The largest absolute Gasteiger partial charge is 0.321 e. The number of carbonyl (C=O) groups excluding carboxylic acids is 1. The van der Waals surface area contributed by atoms with Crippen LogP contribution in [0.1, 0.15) is 16.1 Å². The number of nitrogens with zero attached hydrogens (tertiary/aromatic N) is 3. The van der Waals surface area contributed by atoms with E-state index in [0.717, 1.165) is 14.6 Å². The van der Waals surface area contributed by atoms with Crippen molar-refractivity contribution in [3.8, 4) is 5.82 Å². The molecule has 1 N–H and O–H groups in total. The Labute approximate surface area is 150 Å². The number of benzene rings is 1. The van der Waals surface area contributed by atoms with Crippen LogP contribution in [0.15, 0.2) is 57.7 Å². The van der Waals surface area contributed by atoms with Crippen LogP contribution in [-0.4, -0.2) is 20.7 Å². The lowest BCUT2D eigenvalue weighted by atomic mass is 10.2. The summed E-state index contributed by atoms with van der Waals surface area (Å²) in [4.78, 5) is 16.7. The molecule has 23 heavy (non-hydrogen) atoms. The van der Waals surface area contributed by atoms with Gasteiger partial charge in [0, 0.05) is 15.1 Å². The summed E-state index contributed by atoms with van der Waals surface area (Å²) in [6.45, 7) is 1.84. The molecule has 0 unspecified atom stereocenters. The monoisotopic (exact) mass is 434 g/mol. The first-order chi connectivity index (χ1) is 11.1. The average Bonchev–Trinajstić information content (AvgIpc) is 2.92. The maximum Gasteiger partial charge on any atom is 0.259 e. The lowest BCUT2D eigenvalue weighted by Crippen LogP contribution is -2.13. The zero-order valence-corrected chi connectivity index (χ0v) is 15.3. The third kappa shape index (κ3) is 3.35. The minimum Gasteiger partial charge on any atom is -0.321 e. The number of amides is 1. The Morgan fingerprint density at radius 1 is 1.22 bits per heavy atom. The molecule has 0 radical (unpaired) electrons. The Hall–Kier alpha value is -1.99. The fourth-order valence-electron chi connectivity index (χ4n) is 2.12. The topological polar surface area (TPSA) is 59.8 Å². The van der Waals surface area contributed by atoms with Crippen molar-refractivity contribution in [2.75, 3.05) is 5.32 Å². The molecule has 3 aromatic rings. The van der Waals surface area contributed by atoms with Crippen molar-refractivity contribution in [3.63, 3.8) is 0 Å². The summed E-state index contributed by atoms with van der Waals surface area (Å²) in [7, 11) is 0. The van der Waals surface area contributed by atoms with E-state index in [4.69, 9.17) is 0 Å². The Morgan fingerprint density at radius 3 is 2.74 bits per heavy atom. The third-order valence-electron chi connectivity index (χ3n) is 3.30. The van der Waals surface area contributed by atoms with Crippen molar-refractivity contribution in [3.05, 3.63) is 69.0 Å². The van der Waals surface area contributed by atoms with Crippen LogP contribution in [-0.2, 0) is 0 Å². The van der Waals surface area contributed by atoms with E-state index in [2.05, 4.69) is 47.3 Å². The second-order valence-corrected chi connectivity index (χ2v) is 6.59. The minimum atomic E-state index is -0.215. The summed E-state index contributed by atoms with van der Waals surface area (Å²) in [6, 6.07) is 11.1. The summed E-state index contributed by atoms with van der Waals surface area (Å²) in [5.41, 5.74) is 1.93. The smallest absolute Gasteiger partial charge is 0.259 e. The van der Waals surface area contributed by atoms with Gasteiger partial charge in [-0.3, -0.25) is 4.79 Å². The lowest BCUT2D eigenvalue weighted by molar-refractivity contribution is 0.102. The van der Waals surface area contributed by atoms with E-state index >= 15 is 0 Å². The summed E-state index contributed by atoms with van der Waals surface area (Å²) in [5, 5.41) is 7.14. The Morgan fingerprint density at radius 2 is 2.04 bits per heavy atom. The Kier molecular flexibility index (Phi) is 4.58. The molecule has 0 aliphatic heterocycles. The number of hydrogen-bond donors (Lipinski definition) is 1. The van der Waals surface area contributed by atoms with Gasteiger partial charge >= 0.3 is 0 Å². The fraction of sp³-hybridized carbons (Fsp3) is 0.0625. The first-order valence-corrected chi connectivity index (χ1v) is 8.37. The van der Waals surface area contributed by atoms with Gasteiger partial charge in [-0.2, -0.15) is 5.10 Å². The van der Waals surface area contributed by atoms with Crippen molar-refractivity contribution >= 4 is 43.5 Å². The van der Waals surface area contributed by atoms with Crippen molar-refractivity contribution in [1.29, 1.82) is 0 Å². The van der Waals surface area contributed by atoms with Gasteiger partial charge in [0.25, 0.3) is 5.91 Å². The third-order valence-corrected chi connectivity index (χ3v) is 4.45. The summed E-state index contributed by atoms with van der Waals surface area (Å²) in [5.74, 6) is 0.460. The van der Waals surface area contributed by atoms with Crippen LogP contribution in [0, 0.1) is 6.92 Å². The molecule has 2 heterocycles. The predicted molar refractivity (Wildman–Crippen MR) is 95.9 cm³/mol. The maximum atomic E-state index is 12.5. The molecule has 0 aliphatic rings. The number of aromatic nitrogens is 3. The van der Waals surface area contributed by atoms with E-state index in [-0.39, 0.29) is 5.91 Å². The summed E-state index contributed by atoms with van der Waals surface area (Å²) in [6.07, 6.45) is 3.24. The highest BCUT2D eigenvalue weighted by Gasteiger charge is 2.16. The second kappa shape index (κ2) is 6.64. The number of anilines is 1. The fourth-order valence-corrected chi connectivity index (χ4v) is 3.27. The lowest BCUT2D eigenvalue weighted by Gasteiger charge is -2.08. The van der Waals surface area contributed by atoms with Gasteiger partial charge in [-0.15, -0.1) is 0 Å². The van der Waals surface area contributed by atoms with Gasteiger partial charge in [0.15, 0.2) is 5.82 Å². The molecule has 0 atom stereocenters. The van der Waals surface area contributed by atoms with Crippen LogP contribution in [0.3, 0.4) is 0 Å². The molecule has 0 saturated heterocycles. The van der Waals surface area contributed by atoms with Crippen molar-refractivity contribution in [2.24, 2.45) is 0 Å². The molecule has 1 amide bonds. The molecule has 0 fully saturated rings. The number of halogens is 2. The highest BCUT2D eigenvalue weighted by molar-refractivity contribution is 9.11. The average molecular weight is 436 g/mol. The van der Waals surface area contributed by atoms with Crippen molar-refractivity contribution in [1.82, 2.24) is 14.8 Å². The van der Waals surface area contributed by atoms with E-state index < -0.39 is 0 Å². The molecule has 0 bridgehead atoms. The molecule has 1 aromatic carbocycles. The Bertz CT molecular complexity index is 862. The molecule has 0 spiro atoms. The van der Waals surface area contributed by atoms with Crippen molar-refractivity contribution < 1.29 is 4.79 Å². The molecule has 5 nitrogen and oxygen atoms in total. The molecule has 0 aliphatic carbocycles. The van der Waals surface area contributed by atoms with Crippen LogP contribution in [0.4, 0.5) is 5.69 Å². The van der Waals surface area contributed by atoms with Crippen LogP contribution in [0.25, 0.3) is 5.82 Å². The van der Waals surface area contributed by atoms with E-state index in [0.29, 0.717) is 17.1 Å². The molecule has 116 valence electrons. The minimum absolute atomic E-state index is 0.215. The van der Waals surface area contributed by atoms with Gasteiger partial charge in [0.1, 0.15) is 0 Å². The first-order valence-electron chi connectivity index (χ1n) is 6.78. The van der Waals surface area contributed by atoms with Gasteiger partial charge in [-0.25, -0.2) is 9.67 Å². The van der Waals surface area contributed by atoms with Crippen LogP contribution in [0.2, 0.25) is 0 Å². The zero-order chi connectivity index (χ0) is 16.4.